The van der Waals surface area contributed by atoms with Crippen molar-refractivity contribution in [2.24, 2.45) is 0 Å². The minimum Gasteiger partial charge on any atom is -0.479 e. The second kappa shape index (κ2) is 5.67. The fraction of sp³-hybridized carbons (Fsp3) is 0.700. The molecule has 0 aromatic carbocycles. The van der Waals surface area contributed by atoms with Gasteiger partial charge in [0.2, 0.25) is 0 Å². The maximum absolute atomic E-state index is 11.7. The lowest BCUT2D eigenvalue weighted by molar-refractivity contribution is -0.144. The van der Waals surface area contributed by atoms with Crippen molar-refractivity contribution in [3.8, 4) is 0 Å². The van der Waals surface area contributed by atoms with Crippen molar-refractivity contribution in [1.82, 2.24) is 10.2 Å². The number of carboxylic acid groups (broad SMARTS) is 1. The molecular weight excluding hydrogens is 244 g/mol. The van der Waals surface area contributed by atoms with Crippen LogP contribution in [0.4, 0.5) is 4.79 Å². The Hall–Kier alpha value is -1.83. The summed E-state index contributed by atoms with van der Waals surface area (Å²) in [5, 5.41) is 11.5. The van der Waals surface area contributed by atoms with Crippen LogP contribution >= 0.6 is 0 Å². The maximum atomic E-state index is 11.7. The number of likely N-dealkylation sites (N-methyl/N-ethyl adjacent to an activating group) is 1. The van der Waals surface area contributed by atoms with Gasteiger partial charge in [0.1, 0.15) is 6.54 Å². The van der Waals surface area contributed by atoms with E-state index in [1.54, 1.807) is 0 Å². The highest BCUT2D eigenvalue weighted by Crippen LogP contribution is 2.19. The molecule has 2 N–H and O–H groups in total. The van der Waals surface area contributed by atoms with Gasteiger partial charge in [0.15, 0.2) is 5.54 Å². The van der Waals surface area contributed by atoms with Crippen LogP contribution in [-0.2, 0) is 19.1 Å². The highest BCUT2D eigenvalue weighted by molar-refractivity contribution is 5.88. The normalized spacial score (nSPS) is 22.3. The maximum Gasteiger partial charge on any atom is 0.332 e. The Labute approximate surface area is 104 Å². The molecule has 1 aliphatic rings. The number of methoxy groups -OCH3 is 1. The van der Waals surface area contributed by atoms with E-state index in [9.17, 15) is 14.4 Å². The summed E-state index contributed by atoms with van der Waals surface area (Å²) >= 11 is 0. The van der Waals surface area contributed by atoms with Gasteiger partial charge in [0, 0.05) is 20.1 Å². The number of nitrogens with zero attached hydrogens (tertiary/aromatic N) is 1. The lowest BCUT2D eigenvalue weighted by Crippen LogP contribution is -2.58. The monoisotopic (exact) mass is 260 g/mol. The number of hydrogen-bond acceptors (Lipinski definition) is 5. The number of aliphatic carboxylic acids is 1. The Kier molecular flexibility index (Phi) is 4.49. The third kappa shape index (κ3) is 3.10. The van der Waals surface area contributed by atoms with E-state index in [2.05, 4.69) is 10.1 Å². The van der Waals surface area contributed by atoms with Crippen LogP contribution in [0.25, 0.3) is 0 Å². The van der Waals surface area contributed by atoms with Crippen molar-refractivity contribution >= 4 is 18.0 Å². The number of urea groups is 1. The standard InChI is InChI=1S/C10H16N2O6/c1-12(5-7(13)17-2)9(16)11-10(8(14)15)3-4-18-6-10/h3-6H2,1-2H3,(H,11,16)(H,14,15). The second-order valence-corrected chi connectivity index (χ2v) is 4.05. The van der Waals surface area contributed by atoms with Crippen molar-refractivity contribution < 1.29 is 29.0 Å². The number of hydrogen-bond donors (Lipinski definition) is 2. The number of amides is 2. The highest BCUT2D eigenvalue weighted by atomic mass is 16.5. The van der Waals surface area contributed by atoms with E-state index in [1.165, 1.54) is 14.2 Å². The van der Waals surface area contributed by atoms with Gasteiger partial charge >= 0.3 is 18.0 Å². The fourth-order valence-electron chi connectivity index (χ4n) is 1.52. The van der Waals surface area contributed by atoms with Gasteiger partial charge < -0.3 is 24.8 Å². The molecule has 0 spiro atoms. The average Bonchev–Trinajstić information content (AvgIpc) is 2.78. The summed E-state index contributed by atoms with van der Waals surface area (Å²) in [6.45, 7) is -0.0632. The largest absolute Gasteiger partial charge is 0.479 e. The van der Waals surface area contributed by atoms with Gasteiger partial charge in [-0.1, -0.05) is 0 Å². The van der Waals surface area contributed by atoms with Crippen LogP contribution in [0.15, 0.2) is 0 Å². The first kappa shape index (κ1) is 14.2. The molecule has 1 heterocycles. The summed E-state index contributed by atoms with van der Waals surface area (Å²) in [4.78, 5) is 34.9. The topological polar surface area (TPSA) is 105 Å². The third-order valence-corrected chi connectivity index (χ3v) is 2.72. The molecule has 2 amide bonds. The Bertz CT molecular complexity index is 350. The van der Waals surface area contributed by atoms with E-state index in [0.29, 0.717) is 0 Å². The number of esters is 1. The third-order valence-electron chi connectivity index (χ3n) is 2.72. The first-order valence-electron chi connectivity index (χ1n) is 5.32. The van der Waals surface area contributed by atoms with Crippen molar-refractivity contribution in [2.45, 2.75) is 12.0 Å². The molecule has 18 heavy (non-hydrogen) atoms. The predicted octanol–water partition coefficient (Wildman–Crippen LogP) is -0.955. The van der Waals surface area contributed by atoms with E-state index in [0.717, 1.165) is 4.90 Å². The van der Waals surface area contributed by atoms with Crippen molar-refractivity contribution in [3.63, 3.8) is 0 Å². The minimum absolute atomic E-state index is 0.0832. The molecule has 8 nitrogen and oxygen atoms in total. The molecule has 0 aromatic heterocycles. The van der Waals surface area contributed by atoms with Gasteiger partial charge in [-0.3, -0.25) is 4.79 Å². The van der Waals surface area contributed by atoms with Crippen LogP contribution in [0.5, 0.6) is 0 Å². The summed E-state index contributed by atoms with van der Waals surface area (Å²) in [5.41, 5.74) is -1.42. The Morgan fingerprint density at radius 3 is 2.61 bits per heavy atom. The van der Waals surface area contributed by atoms with Crippen LogP contribution < -0.4 is 5.32 Å². The van der Waals surface area contributed by atoms with E-state index < -0.39 is 23.5 Å². The van der Waals surface area contributed by atoms with Gasteiger partial charge in [0.25, 0.3) is 0 Å². The van der Waals surface area contributed by atoms with E-state index in [4.69, 9.17) is 9.84 Å². The molecular formula is C10H16N2O6. The first-order valence-corrected chi connectivity index (χ1v) is 5.32. The zero-order valence-corrected chi connectivity index (χ0v) is 10.3. The molecule has 0 aliphatic carbocycles. The van der Waals surface area contributed by atoms with Crippen molar-refractivity contribution in [1.29, 1.82) is 0 Å². The van der Waals surface area contributed by atoms with Crippen LogP contribution in [0.2, 0.25) is 0 Å². The lowest BCUT2D eigenvalue weighted by atomic mass is 9.99. The molecule has 1 fully saturated rings. The summed E-state index contributed by atoms with van der Waals surface area (Å²) in [6.07, 6.45) is 0.195. The first-order chi connectivity index (χ1) is 8.41. The zero-order chi connectivity index (χ0) is 13.8. The summed E-state index contributed by atoms with van der Waals surface area (Å²) in [5.74, 6) is -1.74. The van der Waals surface area contributed by atoms with Gasteiger partial charge in [-0.25, -0.2) is 9.59 Å². The number of ether oxygens (including phenoxy) is 2. The average molecular weight is 260 g/mol. The van der Waals surface area contributed by atoms with Crippen LogP contribution in [0.1, 0.15) is 6.42 Å². The van der Waals surface area contributed by atoms with E-state index in [-0.39, 0.29) is 26.2 Å². The lowest BCUT2D eigenvalue weighted by Gasteiger charge is -2.26. The van der Waals surface area contributed by atoms with Crippen molar-refractivity contribution in [2.75, 3.05) is 33.9 Å². The van der Waals surface area contributed by atoms with Crippen LogP contribution in [-0.4, -0.2) is 67.4 Å². The molecule has 1 atom stereocenters. The number of nitrogens with one attached hydrogen (secondary N) is 1. The molecule has 1 saturated heterocycles. The molecule has 0 radical (unpaired) electrons. The van der Waals surface area contributed by atoms with Gasteiger partial charge in [-0.05, 0) is 0 Å². The van der Waals surface area contributed by atoms with Crippen molar-refractivity contribution in [3.05, 3.63) is 0 Å². The number of rotatable bonds is 4. The summed E-state index contributed by atoms with van der Waals surface area (Å²) < 4.78 is 9.41. The number of carbonyl (C=O) groups excluding carboxylic acids is 2. The summed E-state index contributed by atoms with van der Waals surface area (Å²) in [6, 6.07) is -0.659. The molecule has 1 unspecified atom stereocenters. The highest BCUT2D eigenvalue weighted by Gasteiger charge is 2.44. The summed E-state index contributed by atoms with van der Waals surface area (Å²) in [7, 11) is 2.58. The number of carbonyl (C=O) groups is 3. The Balaban J connectivity index is 2.62. The Morgan fingerprint density at radius 2 is 2.17 bits per heavy atom. The Morgan fingerprint density at radius 1 is 1.50 bits per heavy atom. The quantitative estimate of drug-likeness (QED) is 0.631. The van der Waals surface area contributed by atoms with E-state index >= 15 is 0 Å². The molecule has 0 bridgehead atoms. The van der Waals surface area contributed by atoms with Gasteiger partial charge in [-0.15, -0.1) is 0 Å². The molecule has 0 aromatic rings. The van der Waals surface area contributed by atoms with Gasteiger partial charge in [0.05, 0.1) is 13.7 Å². The van der Waals surface area contributed by atoms with Crippen LogP contribution in [0.3, 0.4) is 0 Å². The molecule has 102 valence electrons. The zero-order valence-electron chi connectivity index (χ0n) is 10.3. The van der Waals surface area contributed by atoms with E-state index in [1.807, 2.05) is 0 Å². The fourth-order valence-corrected chi connectivity index (χ4v) is 1.52. The predicted molar refractivity (Wildman–Crippen MR) is 59.0 cm³/mol. The van der Waals surface area contributed by atoms with Crippen LogP contribution in [0, 0.1) is 0 Å². The smallest absolute Gasteiger partial charge is 0.332 e. The SMILES string of the molecule is COC(=O)CN(C)C(=O)NC1(C(=O)O)CCOC1. The molecule has 8 heteroatoms. The number of carboxylic acids is 1. The second-order valence-electron chi connectivity index (χ2n) is 4.05. The molecule has 0 saturated carbocycles. The molecule has 1 aliphatic heterocycles. The van der Waals surface area contributed by atoms with Gasteiger partial charge in [-0.2, -0.15) is 0 Å². The minimum atomic E-state index is -1.42. The molecule has 1 rings (SSSR count).